The average Bonchev–Trinajstić information content (AvgIpc) is 3.67. The Labute approximate surface area is 206 Å². The summed E-state index contributed by atoms with van der Waals surface area (Å²) < 4.78 is 5.83. The predicted molar refractivity (Wildman–Crippen MR) is 134 cm³/mol. The number of amides is 3. The highest BCUT2D eigenvalue weighted by Gasteiger charge is 2.59. The summed E-state index contributed by atoms with van der Waals surface area (Å²) in [6.07, 6.45) is 5.05. The summed E-state index contributed by atoms with van der Waals surface area (Å²) >= 11 is 0. The van der Waals surface area contributed by atoms with E-state index in [1.807, 2.05) is 36.4 Å². The quantitative estimate of drug-likeness (QED) is 0.329. The van der Waals surface area contributed by atoms with E-state index in [4.69, 9.17) is 4.42 Å². The van der Waals surface area contributed by atoms with Crippen molar-refractivity contribution in [1.29, 1.82) is 0 Å². The first-order valence-corrected chi connectivity index (χ1v) is 12.0. The molecule has 0 unspecified atom stereocenters. The minimum absolute atomic E-state index is 0.130. The SMILES string of the molecule is O=C(Nc1cccc(-c2nc3ccccc3o2)c1)c1ccc(N2C(=O)[C@@H]3[C@H](C2=O)[C@@H]2C=C[C@H]3C2)cc1. The summed E-state index contributed by atoms with van der Waals surface area (Å²) in [6, 6.07) is 21.4. The first-order chi connectivity index (χ1) is 17.6. The van der Waals surface area contributed by atoms with Gasteiger partial charge in [0.2, 0.25) is 17.7 Å². The van der Waals surface area contributed by atoms with E-state index in [2.05, 4.69) is 22.5 Å². The molecule has 36 heavy (non-hydrogen) atoms. The van der Waals surface area contributed by atoms with Crippen molar-refractivity contribution in [3.8, 4) is 11.5 Å². The molecular weight excluding hydrogens is 454 g/mol. The Morgan fingerprint density at radius 3 is 2.33 bits per heavy atom. The van der Waals surface area contributed by atoms with E-state index in [0.717, 1.165) is 17.5 Å². The zero-order valence-corrected chi connectivity index (χ0v) is 19.1. The number of hydrogen-bond acceptors (Lipinski definition) is 5. The van der Waals surface area contributed by atoms with E-state index in [1.165, 1.54) is 4.90 Å². The van der Waals surface area contributed by atoms with E-state index in [9.17, 15) is 14.4 Å². The zero-order chi connectivity index (χ0) is 24.4. The monoisotopic (exact) mass is 475 g/mol. The maximum atomic E-state index is 13.0. The van der Waals surface area contributed by atoms with Gasteiger partial charge >= 0.3 is 0 Å². The topological polar surface area (TPSA) is 92.5 Å². The van der Waals surface area contributed by atoms with E-state index >= 15 is 0 Å². The number of nitrogens with zero attached hydrogens (tertiary/aromatic N) is 2. The molecule has 0 radical (unpaired) electrons. The van der Waals surface area contributed by atoms with Gasteiger partial charge in [0, 0.05) is 16.8 Å². The van der Waals surface area contributed by atoms with Crippen LogP contribution in [-0.2, 0) is 9.59 Å². The van der Waals surface area contributed by atoms with E-state index in [1.54, 1.807) is 36.4 Å². The van der Waals surface area contributed by atoms with Gasteiger partial charge in [-0.3, -0.25) is 19.3 Å². The van der Waals surface area contributed by atoms with Crippen LogP contribution in [0.15, 0.2) is 89.4 Å². The molecule has 1 aliphatic heterocycles. The molecule has 4 aromatic rings. The summed E-state index contributed by atoms with van der Waals surface area (Å²) in [7, 11) is 0. The van der Waals surface area contributed by atoms with Gasteiger partial charge in [-0.2, -0.15) is 0 Å². The van der Waals surface area contributed by atoms with Gasteiger partial charge in [-0.15, -0.1) is 0 Å². The second-order valence-electron chi connectivity index (χ2n) is 9.58. The van der Waals surface area contributed by atoms with Crippen molar-refractivity contribution < 1.29 is 18.8 Å². The third kappa shape index (κ3) is 3.12. The van der Waals surface area contributed by atoms with Crippen molar-refractivity contribution >= 4 is 40.2 Å². The maximum Gasteiger partial charge on any atom is 0.255 e. The number of imide groups is 1. The van der Waals surface area contributed by atoms with E-state index in [0.29, 0.717) is 28.4 Å². The second kappa shape index (κ2) is 7.75. The van der Waals surface area contributed by atoms with Crippen LogP contribution in [0.25, 0.3) is 22.6 Å². The lowest BCUT2D eigenvalue weighted by Gasteiger charge is -2.17. The largest absolute Gasteiger partial charge is 0.436 e. The Morgan fingerprint density at radius 2 is 1.61 bits per heavy atom. The van der Waals surface area contributed by atoms with Gasteiger partial charge in [0.15, 0.2) is 5.58 Å². The van der Waals surface area contributed by atoms with Crippen molar-refractivity contribution in [3.05, 3.63) is 90.5 Å². The van der Waals surface area contributed by atoms with Crippen molar-refractivity contribution in [2.45, 2.75) is 6.42 Å². The molecule has 1 saturated carbocycles. The smallest absolute Gasteiger partial charge is 0.255 e. The van der Waals surface area contributed by atoms with Crippen LogP contribution in [0.4, 0.5) is 11.4 Å². The molecule has 1 N–H and O–H groups in total. The fourth-order valence-electron chi connectivity index (χ4n) is 5.85. The predicted octanol–water partition coefficient (Wildman–Crippen LogP) is 5.06. The Hall–Kier alpha value is -4.52. The van der Waals surface area contributed by atoms with Crippen molar-refractivity contribution in [3.63, 3.8) is 0 Å². The molecule has 7 heteroatoms. The van der Waals surface area contributed by atoms with Crippen LogP contribution >= 0.6 is 0 Å². The van der Waals surface area contributed by atoms with E-state index in [-0.39, 0.29) is 41.4 Å². The van der Waals surface area contributed by atoms with Crippen molar-refractivity contribution in [2.24, 2.45) is 23.7 Å². The molecule has 1 aromatic heterocycles. The molecule has 2 fully saturated rings. The van der Waals surface area contributed by atoms with Gasteiger partial charge in [0.1, 0.15) is 5.52 Å². The molecule has 3 aliphatic rings. The molecule has 4 atom stereocenters. The van der Waals surface area contributed by atoms with Gasteiger partial charge in [-0.25, -0.2) is 4.98 Å². The third-order valence-electron chi connectivity index (χ3n) is 7.52. The lowest BCUT2D eigenvalue weighted by molar-refractivity contribution is -0.123. The van der Waals surface area contributed by atoms with Gasteiger partial charge in [0.05, 0.1) is 17.5 Å². The van der Waals surface area contributed by atoms with Crippen LogP contribution in [0.5, 0.6) is 0 Å². The first kappa shape index (κ1) is 20.8. The second-order valence-corrected chi connectivity index (χ2v) is 9.58. The molecule has 176 valence electrons. The van der Waals surface area contributed by atoms with Gasteiger partial charge in [-0.05, 0) is 72.9 Å². The average molecular weight is 476 g/mol. The highest BCUT2D eigenvalue weighted by Crippen LogP contribution is 2.53. The molecule has 2 heterocycles. The molecular formula is C29H21N3O4. The summed E-state index contributed by atoms with van der Waals surface area (Å²) in [5.74, 6) is -0.244. The molecule has 1 saturated heterocycles. The van der Waals surface area contributed by atoms with Crippen LogP contribution in [0.1, 0.15) is 16.8 Å². The molecule has 7 rings (SSSR count). The van der Waals surface area contributed by atoms with Crippen LogP contribution in [0.3, 0.4) is 0 Å². The van der Waals surface area contributed by atoms with Crippen molar-refractivity contribution in [2.75, 3.05) is 10.2 Å². The van der Waals surface area contributed by atoms with Crippen molar-refractivity contribution in [1.82, 2.24) is 4.98 Å². The molecule has 3 amide bonds. The molecule has 3 aromatic carbocycles. The summed E-state index contributed by atoms with van der Waals surface area (Å²) in [4.78, 5) is 44.8. The van der Waals surface area contributed by atoms with Gasteiger partial charge in [0.25, 0.3) is 5.91 Å². The summed E-state index contributed by atoms with van der Waals surface area (Å²) in [5, 5.41) is 2.90. The number of benzene rings is 3. The normalized spacial score (nSPS) is 24.1. The zero-order valence-electron chi connectivity index (χ0n) is 19.1. The Bertz CT molecular complexity index is 1520. The van der Waals surface area contributed by atoms with E-state index < -0.39 is 0 Å². The Morgan fingerprint density at radius 1 is 0.889 bits per heavy atom. The number of anilines is 2. The number of oxazole rings is 1. The number of allylic oxidation sites excluding steroid dienone is 2. The summed E-state index contributed by atoms with van der Waals surface area (Å²) in [6.45, 7) is 0. The molecule has 2 aliphatic carbocycles. The summed E-state index contributed by atoms with van der Waals surface area (Å²) in [5.41, 5.74) is 3.75. The number of aromatic nitrogens is 1. The molecule has 2 bridgehead atoms. The highest BCUT2D eigenvalue weighted by atomic mass is 16.3. The van der Waals surface area contributed by atoms with Crippen LogP contribution in [0, 0.1) is 23.7 Å². The fraction of sp³-hybridized carbons (Fsp3) is 0.172. The number of nitrogens with one attached hydrogen (secondary N) is 1. The first-order valence-electron chi connectivity index (χ1n) is 12.0. The number of rotatable bonds is 4. The molecule has 7 nitrogen and oxygen atoms in total. The number of carbonyl (C=O) groups is 3. The Kier molecular flexibility index (Phi) is 4.48. The lowest BCUT2D eigenvalue weighted by Crippen LogP contribution is -2.32. The fourth-order valence-corrected chi connectivity index (χ4v) is 5.85. The number of para-hydroxylation sites is 2. The number of fused-ring (bicyclic) bond motifs is 6. The lowest BCUT2D eigenvalue weighted by atomic mass is 9.85. The maximum absolute atomic E-state index is 13.0. The highest BCUT2D eigenvalue weighted by molar-refractivity contribution is 6.23. The van der Waals surface area contributed by atoms with Gasteiger partial charge in [-0.1, -0.05) is 30.4 Å². The minimum Gasteiger partial charge on any atom is -0.436 e. The molecule has 0 spiro atoms. The minimum atomic E-state index is -0.297. The van der Waals surface area contributed by atoms with Crippen LogP contribution < -0.4 is 10.2 Å². The van der Waals surface area contributed by atoms with Crippen LogP contribution in [0.2, 0.25) is 0 Å². The number of carbonyl (C=O) groups excluding carboxylic acids is 3. The standard InChI is InChI=1S/C29H21N3O4/c33-26(30-20-5-3-4-19(15-20)27-31-22-6-1-2-7-23(22)36-27)16-10-12-21(13-11-16)32-28(34)24-17-8-9-18(14-17)25(24)29(32)35/h1-13,15,17-18,24-25H,14H2,(H,30,33)/t17-,18+,24-,25+. The number of hydrogen-bond donors (Lipinski definition) is 1. The van der Waals surface area contributed by atoms with Gasteiger partial charge < -0.3 is 9.73 Å². The third-order valence-corrected chi connectivity index (χ3v) is 7.52. The van der Waals surface area contributed by atoms with Crippen LogP contribution in [-0.4, -0.2) is 22.7 Å². The Balaban J connectivity index is 1.09.